The van der Waals surface area contributed by atoms with E-state index in [2.05, 4.69) is 5.32 Å². The summed E-state index contributed by atoms with van der Waals surface area (Å²) in [5, 5.41) is 11.7. The van der Waals surface area contributed by atoms with Crippen molar-refractivity contribution in [3.05, 3.63) is 28.8 Å². The third kappa shape index (κ3) is 3.68. The molecule has 1 atom stereocenters. The smallest absolute Gasteiger partial charge is 0.335 e. The van der Waals surface area contributed by atoms with Crippen molar-refractivity contribution >= 4 is 29.2 Å². The van der Waals surface area contributed by atoms with Crippen LogP contribution in [-0.4, -0.2) is 23.0 Å². The van der Waals surface area contributed by atoms with Gasteiger partial charge in [0.25, 0.3) is 0 Å². The number of amides is 1. The number of carboxylic acids is 1. The van der Waals surface area contributed by atoms with E-state index in [9.17, 15) is 9.59 Å². The molecule has 1 saturated carbocycles. The van der Waals surface area contributed by atoms with E-state index in [0.29, 0.717) is 11.6 Å². The fraction of sp³-hybridized carbons (Fsp3) is 0.385. The minimum Gasteiger partial charge on any atom is -0.478 e. The van der Waals surface area contributed by atoms with Crippen LogP contribution in [0.25, 0.3) is 0 Å². The lowest BCUT2D eigenvalue weighted by Gasteiger charge is -2.11. The predicted molar refractivity (Wildman–Crippen MR) is 72.4 cm³/mol. The third-order valence-corrected chi connectivity index (χ3v) is 3.45. The molecule has 5 nitrogen and oxygen atoms in total. The summed E-state index contributed by atoms with van der Waals surface area (Å²) in [7, 11) is 0. The van der Waals surface area contributed by atoms with Gasteiger partial charge in [-0.25, -0.2) is 4.79 Å². The lowest BCUT2D eigenvalue weighted by molar-refractivity contribution is -0.116. The standard InChI is InChI=1S/C13H15ClN2O3/c14-9-5-8(13(18)19)3-4-11(9)16-12(17)6-10(15)7-1-2-7/h3-5,7,10H,1-2,6,15H2,(H,16,17)(H,18,19). The van der Waals surface area contributed by atoms with E-state index >= 15 is 0 Å². The summed E-state index contributed by atoms with van der Waals surface area (Å²) in [5.41, 5.74) is 6.35. The van der Waals surface area contributed by atoms with Crippen LogP contribution in [0.5, 0.6) is 0 Å². The Morgan fingerprint density at radius 2 is 2.16 bits per heavy atom. The molecule has 4 N–H and O–H groups in total. The van der Waals surface area contributed by atoms with Gasteiger partial charge in [0, 0.05) is 12.5 Å². The predicted octanol–water partition coefficient (Wildman–Crippen LogP) is 2.10. The van der Waals surface area contributed by atoms with Gasteiger partial charge in [-0.15, -0.1) is 0 Å². The number of anilines is 1. The second kappa shape index (κ2) is 5.59. The number of nitrogens with two attached hydrogens (primary N) is 1. The minimum absolute atomic E-state index is 0.0812. The lowest BCUT2D eigenvalue weighted by atomic mass is 10.1. The van der Waals surface area contributed by atoms with Crippen LogP contribution in [0.1, 0.15) is 29.6 Å². The molecule has 0 aliphatic heterocycles. The van der Waals surface area contributed by atoms with Crippen molar-refractivity contribution < 1.29 is 14.7 Å². The molecule has 1 aliphatic rings. The number of halogens is 1. The molecule has 0 spiro atoms. The van der Waals surface area contributed by atoms with Gasteiger partial charge < -0.3 is 16.2 Å². The summed E-state index contributed by atoms with van der Waals surface area (Å²) in [5.74, 6) is -0.810. The van der Waals surface area contributed by atoms with Crippen LogP contribution >= 0.6 is 11.6 Å². The first-order valence-corrected chi connectivity index (χ1v) is 6.43. The van der Waals surface area contributed by atoms with E-state index in [1.54, 1.807) is 0 Å². The van der Waals surface area contributed by atoms with E-state index in [4.69, 9.17) is 22.4 Å². The fourth-order valence-corrected chi connectivity index (χ4v) is 2.08. The second-order valence-electron chi connectivity index (χ2n) is 4.75. The molecule has 1 fully saturated rings. The second-order valence-corrected chi connectivity index (χ2v) is 5.16. The Bertz CT molecular complexity index is 515. The molecule has 1 amide bonds. The zero-order chi connectivity index (χ0) is 14.0. The zero-order valence-corrected chi connectivity index (χ0v) is 11.0. The molecule has 1 aliphatic carbocycles. The van der Waals surface area contributed by atoms with Gasteiger partial charge in [0.2, 0.25) is 5.91 Å². The Balaban J connectivity index is 1.98. The van der Waals surface area contributed by atoms with E-state index in [1.807, 2.05) is 0 Å². The van der Waals surface area contributed by atoms with Crippen molar-refractivity contribution in [2.75, 3.05) is 5.32 Å². The molecule has 0 bridgehead atoms. The summed E-state index contributed by atoms with van der Waals surface area (Å²) in [6, 6.07) is 4.06. The van der Waals surface area contributed by atoms with Gasteiger partial charge in [-0.05, 0) is 37.0 Å². The molecule has 19 heavy (non-hydrogen) atoms. The molecule has 1 unspecified atom stereocenters. The van der Waals surface area contributed by atoms with Crippen molar-refractivity contribution in [3.63, 3.8) is 0 Å². The molecule has 1 aromatic carbocycles. The Kier molecular flexibility index (Phi) is 4.07. The normalized spacial score (nSPS) is 15.9. The van der Waals surface area contributed by atoms with Crippen LogP contribution in [-0.2, 0) is 4.79 Å². The lowest BCUT2D eigenvalue weighted by Crippen LogP contribution is -2.28. The van der Waals surface area contributed by atoms with E-state index in [0.717, 1.165) is 12.8 Å². The quantitative estimate of drug-likeness (QED) is 0.771. The highest BCUT2D eigenvalue weighted by atomic mass is 35.5. The van der Waals surface area contributed by atoms with Crippen LogP contribution in [0.15, 0.2) is 18.2 Å². The van der Waals surface area contributed by atoms with Crippen LogP contribution < -0.4 is 11.1 Å². The maximum atomic E-state index is 11.8. The summed E-state index contributed by atoms with van der Waals surface area (Å²) in [4.78, 5) is 22.5. The molecule has 0 heterocycles. The number of carboxylic acid groups (broad SMARTS) is 1. The first-order chi connectivity index (χ1) is 8.97. The Hall–Kier alpha value is -1.59. The SMILES string of the molecule is NC(CC(=O)Nc1ccc(C(=O)O)cc1Cl)C1CC1. The van der Waals surface area contributed by atoms with Crippen molar-refractivity contribution in [3.8, 4) is 0 Å². The average molecular weight is 283 g/mol. The Morgan fingerprint density at radius 1 is 1.47 bits per heavy atom. The van der Waals surface area contributed by atoms with Gasteiger partial charge in [-0.2, -0.15) is 0 Å². The van der Waals surface area contributed by atoms with Crippen LogP contribution in [0.2, 0.25) is 5.02 Å². The molecular weight excluding hydrogens is 268 g/mol. The highest BCUT2D eigenvalue weighted by molar-refractivity contribution is 6.34. The van der Waals surface area contributed by atoms with E-state index < -0.39 is 5.97 Å². The maximum Gasteiger partial charge on any atom is 0.335 e. The molecule has 0 aromatic heterocycles. The summed E-state index contributed by atoms with van der Waals surface area (Å²) in [6.45, 7) is 0. The Labute approximate surface area is 115 Å². The van der Waals surface area contributed by atoms with Gasteiger partial charge in [0.1, 0.15) is 0 Å². The third-order valence-electron chi connectivity index (χ3n) is 3.14. The largest absolute Gasteiger partial charge is 0.478 e. The fourth-order valence-electron chi connectivity index (χ4n) is 1.86. The van der Waals surface area contributed by atoms with Gasteiger partial charge >= 0.3 is 5.97 Å². The van der Waals surface area contributed by atoms with Crippen molar-refractivity contribution in [1.29, 1.82) is 0 Å². The monoisotopic (exact) mass is 282 g/mol. The average Bonchev–Trinajstić information content (AvgIpc) is 3.15. The summed E-state index contributed by atoms with van der Waals surface area (Å²) >= 11 is 5.92. The topological polar surface area (TPSA) is 92.4 Å². The maximum absolute atomic E-state index is 11.8. The van der Waals surface area contributed by atoms with Crippen LogP contribution in [0.4, 0.5) is 5.69 Å². The number of hydrogen-bond donors (Lipinski definition) is 3. The van der Waals surface area contributed by atoms with Crippen molar-refractivity contribution in [1.82, 2.24) is 0 Å². The Morgan fingerprint density at radius 3 is 2.68 bits per heavy atom. The number of carbonyl (C=O) groups is 2. The van der Waals surface area contributed by atoms with E-state index in [1.165, 1.54) is 18.2 Å². The van der Waals surface area contributed by atoms with Crippen LogP contribution in [0.3, 0.4) is 0 Å². The molecule has 102 valence electrons. The number of carbonyl (C=O) groups excluding carboxylic acids is 1. The number of nitrogens with one attached hydrogen (secondary N) is 1. The number of aromatic carboxylic acids is 1. The summed E-state index contributed by atoms with van der Waals surface area (Å²) < 4.78 is 0. The summed E-state index contributed by atoms with van der Waals surface area (Å²) in [6.07, 6.45) is 2.42. The van der Waals surface area contributed by atoms with Gasteiger partial charge in [0.05, 0.1) is 16.3 Å². The number of hydrogen-bond acceptors (Lipinski definition) is 3. The molecule has 0 radical (unpaired) electrons. The van der Waals surface area contributed by atoms with Crippen molar-refractivity contribution in [2.24, 2.45) is 11.7 Å². The number of benzene rings is 1. The first kappa shape index (κ1) is 13.8. The first-order valence-electron chi connectivity index (χ1n) is 6.05. The van der Waals surface area contributed by atoms with Crippen LogP contribution in [0, 0.1) is 5.92 Å². The molecule has 2 rings (SSSR count). The van der Waals surface area contributed by atoms with E-state index in [-0.39, 0.29) is 29.0 Å². The number of rotatable bonds is 5. The zero-order valence-electron chi connectivity index (χ0n) is 10.2. The van der Waals surface area contributed by atoms with Gasteiger partial charge in [0.15, 0.2) is 0 Å². The van der Waals surface area contributed by atoms with Gasteiger partial charge in [-0.1, -0.05) is 11.6 Å². The molecule has 1 aromatic rings. The minimum atomic E-state index is -1.06. The molecule has 0 saturated heterocycles. The highest BCUT2D eigenvalue weighted by Crippen LogP contribution is 2.33. The van der Waals surface area contributed by atoms with Gasteiger partial charge in [-0.3, -0.25) is 4.79 Å². The molecule has 6 heteroatoms. The molecular formula is C13H15ClN2O3. The highest BCUT2D eigenvalue weighted by Gasteiger charge is 2.29. The van der Waals surface area contributed by atoms with Crippen molar-refractivity contribution in [2.45, 2.75) is 25.3 Å².